The molecule has 98 valence electrons. The summed E-state index contributed by atoms with van der Waals surface area (Å²) >= 11 is 0. The number of rotatable bonds is 1. The zero-order chi connectivity index (χ0) is 13.4. The van der Waals surface area contributed by atoms with E-state index in [1.165, 1.54) is 22.3 Å². The summed E-state index contributed by atoms with van der Waals surface area (Å²) in [6.07, 6.45) is 8.06. The van der Waals surface area contributed by atoms with Crippen molar-refractivity contribution in [2.24, 2.45) is 0 Å². The fourth-order valence-corrected chi connectivity index (χ4v) is 3.24. The van der Waals surface area contributed by atoms with Gasteiger partial charge in [0.2, 0.25) is 0 Å². The van der Waals surface area contributed by atoms with Crippen LogP contribution in [0.15, 0.2) is 67.3 Å². The Hall–Kier alpha value is -2.35. The maximum atomic E-state index is 4.24. The second-order valence-electron chi connectivity index (χ2n) is 5.31. The Morgan fingerprint density at radius 1 is 0.850 bits per heavy atom. The molecule has 0 fully saturated rings. The maximum absolute atomic E-state index is 4.24. The Bertz CT molecular complexity index is 681. The largest absolute Gasteiger partial charge is 0.326 e. The molecular weight excluding hydrogens is 244 g/mol. The van der Waals surface area contributed by atoms with Crippen LogP contribution < -0.4 is 0 Å². The molecule has 0 N–H and O–H groups in total. The van der Waals surface area contributed by atoms with Gasteiger partial charge in [0.05, 0.1) is 12.4 Å². The van der Waals surface area contributed by atoms with Gasteiger partial charge in [-0.25, -0.2) is 4.98 Å². The van der Waals surface area contributed by atoms with Crippen molar-refractivity contribution in [1.82, 2.24) is 9.55 Å². The Morgan fingerprint density at radius 3 is 2.00 bits per heavy atom. The fourth-order valence-electron chi connectivity index (χ4n) is 3.24. The number of nitrogens with zero attached hydrogens (tertiary/aromatic N) is 2. The maximum Gasteiger partial charge on any atom is 0.0954 e. The van der Waals surface area contributed by atoms with Crippen molar-refractivity contribution >= 4 is 0 Å². The van der Waals surface area contributed by atoms with Gasteiger partial charge in [-0.2, -0.15) is 0 Å². The molecule has 0 saturated carbocycles. The van der Waals surface area contributed by atoms with E-state index in [1.54, 1.807) is 0 Å². The molecule has 0 radical (unpaired) electrons. The SMILES string of the molecule is c1ccc2c(c1)CCc1ccccc1C2n1ccnc1. The van der Waals surface area contributed by atoms with Gasteiger partial charge in [0.1, 0.15) is 0 Å². The van der Waals surface area contributed by atoms with Crippen LogP contribution in [0.2, 0.25) is 0 Å². The predicted octanol–water partition coefficient (Wildman–Crippen LogP) is 3.62. The minimum atomic E-state index is 0.243. The van der Waals surface area contributed by atoms with Gasteiger partial charge in [0.25, 0.3) is 0 Å². The molecular formula is C18H16N2. The average Bonchev–Trinajstić information content (AvgIpc) is 2.96. The van der Waals surface area contributed by atoms with E-state index in [9.17, 15) is 0 Å². The summed E-state index contributed by atoms with van der Waals surface area (Å²) < 4.78 is 2.21. The Labute approximate surface area is 118 Å². The van der Waals surface area contributed by atoms with E-state index in [-0.39, 0.29) is 6.04 Å². The second-order valence-corrected chi connectivity index (χ2v) is 5.31. The van der Waals surface area contributed by atoms with Crippen LogP contribution in [-0.2, 0) is 12.8 Å². The second kappa shape index (κ2) is 4.64. The zero-order valence-electron chi connectivity index (χ0n) is 11.2. The van der Waals surface area contributed by atoms with E-state index in [2.05, 4.69) is 64.3 Å². The van der Waals surface area contributed by atoms with Crippen LogP contribution in [0.5, 0.6) is 0 Å². The van der Waals surface area contributed by atoms with E-state index in [1.807, 2.05) is 12.5 Å². The number of benzene rings is 2. The highest BCUT2D eigenvalue weighted by Gasteiger charge is 2.23. The summed E-state index contributed by atoms with van der Waals surface area (Å²) in [5.41, 5.74) is 5.69. The van der Waals surface area contributed by atoms with E-state index in [0.717, 1.165) is 12.8 Å². The van der Waals surface area contributed by atoms with Crippen LogP contribution in [0.1, 0.15) is 28.3 Å². The van der Waals surface area contributed by atoms with Gasteiger partial charge in [0.15, 0.2) is 0 Å². The number of imidazole rings is 1. The molecule has 0 spiro atoms. The van der Waals surface area contributed by atoms with Crippen LogP contribution in [0, 0.1) is 0 Å². The molecule has 2 nitrogen and oxygen atoms in total. The monoisotopic (exact) mass is 260 g/mol. The molecule has 1 aromatic heterocycles. The summed E-state index contributed by atoms with van der Waals surface area (Å²) in [6.45, 7) is 0. The number of aromatic nitrogens is 2. The standard InChI is InChI=1S/C18H16N2/c1-3-7-16-14(5-1)9-10-15-6-2-4-8-17(15)18(16)20-12-11-19-13-20/h1-8,11-13,18H,9-10H2. The van der Waals surface area contributed by atoms with E-state index < -0.39 is 0 Å². The van der Waals surface area contributed by atoms with Gasteiger partial charge in [0, 0.05) is 12.4 Å². The molecule has 1 aliphatic carbocycles. The molecule has 0 aliphatic heterocycles. The lowest BCUT2D eigenvalue weighted by Gasteiger charge is -2.21. The zero-order valence-corrected chi connectivity index (χ0v) is 11.2. The van der Waals surface area contributed by atoms with Gasteiger partial charge in [-0.3, -0.25) is 0 Å². The van der Waals surface area contributed by atoms with Crippen molar-refractivity contribution in [3.8, 4) is 0 Å². The van der Waals surface area contributed by atoms with Crippen LogP contribution in [0.4, 0.5) is 0 Å². The number of aryl methyl sites for hydroxylation is 2. The molecule has 1 heterocycles. The lowest BCUT2D eigenvalue weighted by Crippen LogP contribution is -2.12. The Balaban J connectivity index is 1.99. The minimum Gasteiger partial charge on any atom is -0.326 e. The smallest absolute Gasteiger partial charge is 0.0954 e. The normalized spacial score (nSPS) is 14.4. The highest BCUT2D eigenvalue weighted by atomic mass is 15.1. The Morgan fingerprint density at radius 2 is 1.45 bits per heavy atom. The average molecular weight is 260 g/mol. The van der Waals surface area contributed by atoms with E-state index >= 15 is 0 Å². The van der Waals surface area contributed by atoms with Crippen LogP contribution in [0.25, 0.3) is 0 Å². The van der Waals surface area contributed by atoms with Crippen LogP contribution in [-0.4, -0.2) is 9.55 Å². The Kier molecular flexibility index (Phi) is 2.66. The first-order valence-corrected chi connectivity index (χ1v) is 7.06. The molecule has 0 saturated heterocycles. The van der Waals surface area contributed by atoms with E-state index in [4.69, 9.17) is 0 Å². The lowest BCUT2D eigenvalue weighted by molar-refractivity contribution is 0.673. The quantitative estimate of drug-likeness (QED) is 0.653. The third-order valence-corrected chi connectivity index (χ3v) is 4.19. The van der Waals surface area contributed by atoms with Gasteiger partial charge in [-0.15, -0.1) is 0 Å². The number of fused-ring (bicyclic) bond motifs is 2. The molecule has 1 aliphatic rings. The van der Waals surface area contributed by atoms with Crippen LogP contribution in [0.3, 0.4) is 0 Å². The van der Waals surface area contributed by atoms with E-state index in [0.29, 0.717) is 0 Å². The third-order valence-electron chi connectivity index (χ3n) is 4.19. The van der Waals surface area contributed by atoms with Gasteiger partial charge in [-0.05, 0) is 35.1 Å². The molecule has 0 unspecified atom stereocenters. The van der Waals surface area contributed by atoms with Crippen LogP contribution >= 0.6 is 0 Å². The number of hydrogen-bond acceptors (Lipinski definition) is 1. The van der Waals surface area contributed by atoms with Crippen molar-refractivity contribution in [2.75, 3.05) is 0 Å². The molecule has 4 rings (SSSR count). The first-order chi connectivity index (χ1) is 9.93. The molecule has 2 heteroatoms. The third kappa shape index (κ3) is 1.76. The van der Waals surface area contributed by atoms with Crippen molar-refractivity contribution in [1.29, 1.82) is 0 Å². The molecule has 0 amide bonds. The summed E-state index contributed by atoms with van der Waals surface area (Å²) in [4.78, 5) is 4.24. The van der Waals surface area contributed by atoms with Crippen molar-refractivity contribution < 1.29 is 0 Å². The summed E-state index contributed by atoms with van der Waals surface area (Å²) in [7, 11) is 0. The molecule has 0 bridgehead atoms. The summed E-state index contributed by atoms with van der Waals surface area (Å²) in [5.74, 6) is 0. The van der Waals surface area contributed by atoms with Gasteiger partial charge >= 0.3 is 0 Å². The van der Waals surface area contributed by atoms with Crippen molar-refractivity contribution in [3.63, 3.8) is 0 Å². The number of hydrogen-bond donors (Lipinski definition) is 0. The molecule has 0 atom stereocenters. The highest BCUT2D eigenvalue weighted by molar-refractivity contribution is 5.44. The van der Waals surface area contributed by atoms with Crippen molar-refractivity contribution in [2.45, 2.75) is 18.9 Å². The first kappa shape index (κ1) is 11.5. The summed E-state index contributed by atoms with van der Waals surface area (Å²) in [6, 6.07) is 17.8. The predicted molar refractivity (Wildman–Crippen MR) is 79.8 cm³/mol. The molecule has 3 aromatic rings. The highest BCUT2D eigenvalue weighted by Crippen LogP contribution is 2.34. The topological polar surface area (TPSA) is 17.8 Å². The fraction of sp³-hybridized carbons (Fsp3) is 0.167. The molecule has 20 heavy (non-hydrogen) atoms. The summed E-state index contributed by atoms with van der Waals surface area (Å²) in [5, 5.41) is 0. The lowest BCUT2D eigenvalue weighted by atomic mass is 9.94. The molecule has 2 aromatic carbocycles. The van der Waals surface area contributed by atoms with Crippen molar-refractivity contribution in [3.05, 3.63) is 89.5 Å². The minimum absolute atomic E-state index is 0.243. The van der Waals surface area contributed by atoms with Gasteiger partial charge in [-0.1, -0.05) is 48.5 Å². The first-order valence-electron chi connectivity index (χ1n) is 7.06. The van der Waals surface area contributed by atoms with Gasteiger partial charge < -0.3 is 4.57 Å².